The quantitative estimate of drug-likeness (QED) is 0.190. The molecular weight excluding hydrogens is 599 g/mol. The summed E-state index contributed by atoms with van der Waals surface area (Å²) < 4.78 is 12.6. The lowest BCUT2D eigenvalue weighted by molar-refractivity contribution is 0.669. The molecule has 0 radical (unpaired) electrons. The Labute approximate surface area is 282 Å². The lowest BCUT2D eigenvalue weighted by Crippen LogP contribution is -2.09. The minimum absolute atomic E-state index is 0.897. The number of fused-ring (bicyclic) bond motifs is 7. The zero-order valence-electron chi connectivity index (χ0n) is 26.5. The predicted octanol–water partition coefficient (Wildman–Crippen LogP) is 13.4. The van der Waals surface area contributed by atoms with Gasteiger partial charge in [0.05, 0.1) is 0 Å². The van der Waals surface area contributed by atoms with E-state index in [-0.39, 0.29) is 0 Å². The van der Waals surface area contributed by atoms with Crippen molar-refractivity contribution < 1.29 is 8.83 Å². The molecule has 8 aromatic carbocycles. The molecule has 2 aromatic heterocycles. The van der Waals surface area contributed by atoms with Crippen molar-refractivity contribution in [3.63, 3.8) is 0 Å². The van der Waals surface area contributed by atoms with Crippen LogP contribution < -0.4 is 4.90 Å². The van der Waals surface area contributed by atoms with Crippen LogP contribution in [-0.2, 0) is 0 Å². The van der Waals surface area contributed by atoms with Gasteiger partial charge in [-0.05, 0) is 88.1 Å². The summed E-state index contributed by atoms with van der Waals surface area (Å²) in [5.74, 6) is 0. The zero-order valence-corrected chi connectivity index (χ0v) is 26.5. The number of nitrogens with zero attached hydrogens (tertiary/aromatic N) is 1. The van der Waals surface area contributed by atoms with E-state index < -0.39 is 0 Å². The van der Waals surface area contributed by atoms with Gasteiger partial charge in [0.15, 0.2) is 0 Å². The molecular formula is C46H29NO2. The van der Waals surface area contributed by atoms with E-state index in [9.17, 15) is 0 Å². The molecule has 0 aliphatic heterocycles. The van der Waals surface area contributed by atoms with Gasteiger partial charge >= 0.3 is 0 Å². The average molecular weight is 628 g/mol. The molecule has 0 N–H and O–H groups in total. The standard InChI is InChI=1S/C46H29NO2/c1-2-9-30(10-3-1)31-17-22-35(23-18-31)47(37-26-21-33-28-42-40-12-5-6-15-43(40)48-45(42)29-34(33)27-37)36-24-19-32(20-25-36)38-13-8-14-41-39-11-4-7-16-44(39)49-46(38)41/h1-29H. The lowest BCUT2D eigenvalue weighted by Gasteiger charge is -2.26. The van der Waals surface area contributed by atoms with Crippen LogP contribution >= 0.6 is 0 Å². The predicted molar refractivity (Wildman–Crippen MR) is 204 cm³/mol. The molecule has 230 valence electrons. The van der Waals surface area contributed by atoms with Gasteiger partial charge in [-0.1, -0.05) is 115 Å². The molecule has 0 atom stereocenters. The van der Waals surface area contributed by atoms with Gasteiger partial charge in [-0.25, -0.2) is 0 Å². The minimum Gasteiger partial charge on any atom is -0.456 e. The third kappa shape index (κ3) is 4.59. The summed E-state index contributed by atoms with van der Waals surface area (Å²) in [4.78, 5) is 2.32. The van der Waals surface area contributed by atoms with E-state index >= 15 is 0 Å². The summed E-state index contributed by atoms with van der Waals surface area (Å²) in [6.07, 6.45) is 0. The maximum Gasteiger partial charge on any atom is 0.143 e. The summed E-state index contributed by atoms with van der Waals surface area (Å²) in [6, 6.07) is 62.1. The largest absolute Gasteiger partial charge is 0.456 e. The number of para-hydroxylation sites is 3. The SMILES string of the molecule is c1ccc(-c2ccc(N(c3ccc(-c4cccc5c4oc4ccccc45)cc3)c3ccc4cc5c(cc4c3)oc3ccccc35)cc2)cc1. The third-order valence-corrected chi connectivity index (χ3v) is 9.65. The van der Waals surface area contributed by atoms with Crippen molar-refractivity contribution in [2.24, 2.45) is 0 Å². The molecule has 0 amide bonds. The van der Waals surface area contributed by atoms with Crippen molar-refractivity contribution in [3.05, 3.63) is 176 Å². The van der Waals surface area contributed by atoms with Crippen LogP contribution in [0, 0.1) is 0 Å². The van der Waals surface area contributed by atoms with Gasteiger partial charge in [0.2, 0.25) is 0 Å². The van der Waals surface area contributed by atoms with E-state index in [1.807, 2.05) is 24.3 Å². The average Bonchev–Trinajstić information content (AvgIpc) is 3.73. The van der Waals surface area contributed by atoms with E-state index in [2.05, 4.69) is 157 Å². The minimum atomic E-state index is 0.897. The molecule has 0 saturated heterocycles. The van der Waals surface area contributed by atoms with Crippen LogP contribution in [0.3, 0.4) is 0 Å². The fourth-order valence-corrected chi connectivity index (χ4v) is 7.24. The third-order valence-electron chi connectivity index (χ3n) is 9.65. The summed E-state index contributed by atoms with van der Waals surface area (Å²) in [5.41, 5.74) is 11.4. The Morgan fingerprint density at radius 2 is 0.918 bits per heavy atom. The Hall–Kier alpha value is -6.58. The van der Waals surface area contributed by atoms with Crippen molar-refractivity contribution in [1.82, 2.24) is 0 Å². The van der Waals surface area contributed by atoms with Crippen LogP contribution in [-0.4, -0.2) is 0 Å². The second-order valence-corrected chi connectivity index (χ2v) is 12.6. The number of anilines is 3. The highest BCUT2D eigenvalue weighted by atomic mass is 16.3. The highest BCUT2D eigenvalue weighted by molar-refractivity contribution is 6.11. The Bertz CT molecular complexity index is 2810. The van der Waals surface area contributed by atoms with Crippen LogP contribution in [0.5, 0.6) is 0 Å². The van der Waals surface area contributed by atoms with Crippen molar-refractivity contribution in [3.8, 4) is 22.3 Å². The van der Waals surface area contributed by atoms with Crippen LogP contribution in [0.1, 0.15) is 0 Å². The first-order chi connectivity index (χ1) is 24.3. The Balaban J connectivity index is 1.10. The summed E-state index contributed by atoms with van der Waals surface area (Å²) in [6.45, 7) is 0. The van der Waals surface area contributed by atoms with E-state index in [0.717, 1.165) is 77.5 Å². The number of hydrogen-bond acceptors (Lipinski definition) is 3. The number of rotatable bonds is 5. The topological polar surface area (TPSA) is 29.5 Å². The monoisotopic (exact) mass is 627 g/mol. The van der Waals surface area contributed by atoms with E-state index in [1.165, 1.54) is 16.5 Å². The second-order valence-electron chi connectivity index (χ2n) is 12.6. The Morgan fingerprint density at radius 1 is 0.327 bits per heavy atom. The Kier molecular flexibility index (Phi) is 6.18. The maximum atomic E-state index is 6.37. The first-order valence-electron chi connectivity index (χ1n) is 16.6. The first-order valence-corrected chi connectivity index (χ1v) is 16.6. The van der Waals surface area contributed by atoms with Gasteiger partial charge in [0.25, 0.3) is 0 Å². The normalized spacial score (nSPS) is 11.7. The number of benzene rings is 8. The van der Waals surface area contributed by atoms with Gasteiger partial charge in [0, 0.05) is 44.2 Å². The Morgan fingerprint density at radius 3 is 1.67 bits per heavy atom. The van der Waals surface area contributed by atoms with Crippen LogP contribution in [0.25, 0.3) is 76.9 Å². The molecule has 2 heterocycles. The number of hydrogen-bond donors (Lipinski definition) is 0. The second kappa shape index (κ2) is 11.0. The molecule has 10 aromatic rings. The molecule has 0 aliphatic rings. The van der Waals surface area contributed by atoms with Crippen LogP contribution in [0.2, 0.25) is 0 Å². The van der Waals surface area contributed by atoms with Crippen molar-refractivity contribution in [2.75, 3.05) is 4.90 Å². The molecule has 0 unspecified atom stereocenters. The van der Waals surface area contributed by atoms with Crippen molar-refractivity contribution >= 4 is 71.7 Å². The van der Waals surface area contributed by atoms with Crippen LogP contribution in [0.4, 0.5) is 17.1 Å². The fourth-order valence-electron chi connectivity index (χ4n) is 7.24. The van der Waals surface area contributed by atoms with Gasteiger partial charge in [-0.3, -0.25) is 0 Å². The van der Waals surface area contributed by atoms with Gasteiger partial charge < -0.3 is 13.7 Å². The lowest BCUT2D eigenvalue weighted by atomic mass is 10.0. The van der Waals surface area contributed by atoms with Crippen LogP contribution in [0.15, 0.2) is 185 Å². The van der Waals surface area contributed by atoms with Crippen molar-refractivity contribution in [2.45, 2.75) is 0 Å². The summed E-state index contributed by atoms with van der Waals surface area (Å²) >= 11 is 0. The molecule has 3 nitrogen and oxygen atoms in total. The summed E-state index contributed by atoms with van der Waals surface area (Å²) in [7, 11) is 0. The summed E-state index contributed by atoms with van der Waals surface area (Å²) in [5, 5.41) is 6.85. The van der Waals surface area contributed by atoms with Gasteiger partial charge in [0.1, 0.15) is 22.3 Å². The zero-order chi connectivity index (χ0) is 32.3. The van der Waals surface area contributed by atoms with E-state index in [1.54, 1.807) is 0 Å². The number of furan rings is 2. The molecule has 10 rings (SSSR count). The molecule has 0 fully saturated rings. The molecule has 0 bridgehead atoms. The molecule has 0 aliphatic carbocycles. The van der Waals surface area contributed by atoms with Gasteiger partial charge in [-0.2, -0.15) is 0 Å². The molecule has 49 heavy (non-hydrogen) atoms. The molecule has 0 saturated carbocycles. The van der Waals surface area contributed by atoms with E-state index in [0.29, 0.717) is 0 Å². The molecule has 0 spiro atoms. The highest BCUT2D eigenvalue weighted by Gasteiger charge is 2.17. The maximum absolute atomic E-state index is 6.37. The molecule has 3 heteroatoms. The fraction of sp³-hybridized carbons (Fsp3) is 0. The van der Waals surface area contributed by atoms with Crippen molar-refractivity contribution in [1.29, 1.82) is 0 Å². The smallest absolute Gasteiger partial charge is 0.143 e. The highest BCUT2D eigenvalue weighted by Crippen LogP contribution is 2.41. The van der Waals surface area contributed by atoms with E-state index in [4.69, 9.17) is 8.83 Å². The first kappa shape index (κ1) is 27.5. The van der Waals surface area contributed by atoms with Gasteiger partial charge in [-0.15, -0.1) is 0 Å².